The van der Waals surface area contributed by atoms with E-state index in [9.17, 15) is 0 Å². The molecule has 0 aromatic heterocycles. The van der Waals surface area contributed by atoms with Gasteiger partial charge in [0.15, 0.2) is 5.84 Å². The average molecular weight is 290 g/mol. The molecule has 17 heavy (non-hydrogen) atoms. The highest BCUT2D eigenvalue weighted by molar-refractivity contribution is 9.10. The van der Waals surface area contributed by atoms with Gasteiger partial charge in [-0.1, -0.05) is 34.1 Å². The fraction of sp³-hybridized carbons (Fsp3) is 0.231. The Kier molecular flexibility index (Phi) is 2.81. The number of amidine groups is 1. The first-order chi connectivity index (χ1) is 8.33. The molecule has 2 heterocycles. The lowest BCUT2D eigenvalue weighted by molar-refractivity contribution is 0.444. The van der Waals surface area contributed by atoms with Gasteiger partial charge in [0.05, 0.1) is 6.54 Å². The van der Waals surface area contributed by atoms with Gasteiger partial charge in [-0.05, 0) is 23.8 Å². The molecule has 0 saturated carbocycles. The molecule has 2 aliphatic heterocycles. The summed E-state index contributed by atoms with van der Waals surface area (Å²) in [5, 5.41) is 0. The molecule has 0 fully saturated rings. The molecule has 0 amide bonds. The van der Waals surface area contributed by atoms with Gasteiger partial charge >= 0.3 is 0 Å². The lowest BCUT2D eigenvalue weighted by Crippen LogP contribution is -2.30. The third-order valence-electron chi connectivity index (χ3n) is 2.85. The van der Waals surface area contributed by atoms with Crippen LogP contribution in [0, 0.1) is 0 Å². The molecule has 0 unspecified atom stereocenters. The van der Waals surface area contributed by atoms with E-state index in [1.165, 1.54) is 5.56 Å². The van der Waals surface area contributed by atoms with Crippen LogP contribution >= 0.6 is 15.9 Å². The predicted octanol–water partition coefficient (Wildman–Crippen LogP) is 2.63. The van der Waals surface area contributed by atoms with Gasteiger partial charge < -0.3 is 4.90 Å². The monoisotopic (exact) mass is 289 g/mol. The number of hydrogen-bond acceptors (Lipinski definition) is 3. The molecule has 3 rings (SSSR count). The molecule has 2 aliphatic rings. The van der Waals surface area contributed by atoms with E-state index in [2.05, 4.69) is 61.2 Å². The molecule has 0 spiro atoms. The lowest BCUT2D eigenvalue weighted by Gasteiger charge is -2.19. The Morgan fingerprint density at radius 3 is 2.82 bits per heavy atom. The number of hydrogen-bond donors (Lipinski definition) is 0. The molecule has 0 radical (unpaired) electrons. The Labute approximate surface area is 109 Å². The van der Waals surface area contributed by atoms with Crippen LogP contribution in [0.15, 0.2) is 50.9 Å². The van der Waals surface area contributed by atoms with Crippen LogP contribution in [0.4, 0.5) is 0 Å². The summed E-state index contributed by atoms with van der Waals surface area (Å²) in [5.74, 6) is 1.04. The molecule has 1 aromatic rings. The summed E-state index contributed by atoms with van der Waals surface area (Å²) >= 11 is 3.44. The standard InChI is InChI=1S/C13H12BrN3/c14-11-5-3-10(4-6-11)8-17-9-16-12-2-1-7-15-13(12)17/h1-6H,7-9H2. The van der Waals surface area contributed by atoms with E-state index in [0.29, 0.717) is 6.67 Å². The van der Waals surface area contributed by atoms with Crippen LogP contribution in [0.5, 0.6) is 0 Å². The van der Waals surface area contributed by atoms with Gasteiger partial charge in [-0.3, -0.25) is 9.98 Å². The zero-order valence-corrected chi connectivity index (χ0v) is 10.9. The second-order valence-electron chi connectivity index (χ2n) is 4.08. The van der Waals surface area contributed by atoms with Crippen LogP contribution in [0.2, 0.25) is 0 Å². The summed E-state index contributed by atoms with van der Waals surface area (Å²) in [6, 6.07) is 8.38. The van der Waals surface area contributed by atoms with Crippen molar-refractivity contribution in [2.45, 2.75) is 6.54 Å². The molecule has 0 aliphatic carbocycles. The van der Waals surface area contributed by atoms with Gasteiger partial charge in [-0.15, -0.1) is 0 Å². The van der Waals surface area contributed by atoms with Crippen LogP contribution in [0.1, 0.15) is 5.56 Å². The predicted molar refractivity (Wildman–Crippen MR) is 73.4 cm³/mol. The summed E-state index contributed by atoms with van der Waals surface area (Å²) < 4.78 is 1.11. The number of benzene rings is 1. The van der Waals surface area contributed by atoms with E-state index in [-0.39, 0.29) is 0 Å². The maximum atomic E-state index is 4.50. The van der Waals surface area contributed by atoms with Gasteiger partial charge in [0.25, 0.3) is 0 Å². The average Bonchev–Trinajstić information content (AvgIpc) is 2.76. The minimum Gasteiger partial charge on any atom is -0.331 e. The molecule has 0 saturated heterocycles. The van der Waals surface area contributed by atoms with E-state index >= 15 is 0 Å². The first-order valence-electron chi connectivity index (χ1n) is 5.58. The highest BCUT2D eigenvalue weighted by atomic mass is 79.9. The lowest BCUT2D eigenvalue weighted by atomic mass is 10.2. The first-order valence-corrected chi connectivity index (χ1v) is 6.37. The molecular weight excluding hydrogens is 278 g/mol. The summed E-state index contributed by atoms with van der Waals surface area (Å²) in [5.41, 5.74) is 2.30. The normalized spacial score (nSPS) is 17.8. The number of halogens is 1. The Morgan fingerprint density at radius 1 is 1.18 bits per heavy atom. The molecule has 0 bridgehead atoms. The second kappa shape index (κ2) is 4.45. The largest absolute Gasteiger partial charge is 0.331 e. The molecule has 0 atom stereocenters. The van der Waals surface area contributed by atoms with Crippen molar-refractivity contribution in [2.24, 2.45) is 9.98 Å². The van der Waals surface area contributed by atoms with E-state index in [0.717, 1.165) is 29.1 Å². The van der Waals surface area contributed by atoms with Crippen molar-refractivity contribution in [2.75, 3.05) is 13.2 Å². The number of aliphatic imine (C=N–C) groups is 2. The fourth-order valence-electron chi connectivity index (χ4n) is 2.01. The van der Waals surface area contributed by atoms with Crippen molar-refractivity contribution in [1.82, 2.24) is 4.90 Å². The number of fused-ring (bicyclic) bond motifs is 1. The van der Waals surface area contributed by atoms with Crippen molar-refractivity contribution >= 4 is 27.5 Å². The molecule has 86 valence electrons. The Hall–Kier alpha value is -1.42. The number of dihydropyridines is 1. The van der Waals surface area contributed by atoms with Crippen LogP contribution in [0.25, 0.3) is 0 Å². The molecule has 4 heteroatoms. The van der Waals surface area contributed by atoms with Gasteiger partial charge in [0.2, 0.25) is 0 Å². The number of nitrogens with zero attached hydrogens (tertiary/aromatic N) is 3. The van der Waals surface area contributed by atoms with Crippen LogP contribution in [-0.2, 0) is 6.54 Å². The van der Waals surface area contributed by atoms with E-state index in [1.807, 2.05) is 6.08 Å². The van der Waals surface area contributed by atoms with Crippen molar-refractivity contribution in [3.05, 3.63) is 46.5 Å². The second-order valence-corrected chi connectivity index (χ2v) is 4.99. The summed E-state index contributed by atoms with van der Waals surface area (Å²) in [4.78, 5) is 11.2. The highest BCUT2D eigenvalue weighted by Crippen LogP contribution is 2.16. The molecule has 3 nitrogen and oxygen atoms in total. The van der Waals surface area contributed by atoms with Gasteiger partial charge in [-0.2, -0.15) is 0 Å². The fourth-order valence-corrected chi connectivity index (χ4v) is 2.27. The summed E-state index contributed by atoms with van der Waals surface area (Å²) in [6.07, 6.45) is 4.11. The van der Waals surface area contributed by atoms with Gasteiger partial charge in [-0.25, -0.2) is 0 Å². The molecular formula is C13H12BrN3. The van der Waals surface area contributed by atoms with Crippen molar-refractivity contribution < 1.29 is 0 Å². The quantitative estimate of drug-likeness (QED) is 0.823. The van der Waals surface area contributed by atoms with Crippen molar-refractivity contribution in [1.29, 1.82) is 0 Å². The van der Waals surface area contributed by atoms with Crippen molar-refractivity contribution in [3.63, 3.8) is 0 Å². The van der Waals surface area contributed by atoms with Gasteiger partial charge in [0.1, 0.15) is 12.4 Å². The highest BCUT2D eigenvalue weighted by Gasteiger charge is 2.22. The van der Waals surface area contributed by atoms with Crippen LogP contribution in [-0.4, -0.2) is 29.7 Å². The smallest absolute Gasteiger partial charge is 0.151 e. The van der Waals surface area contributed by atoms with Crippen LogP contribution < -0.4 is 0 Å². The topological polar surface area (TPSA) is 28.0 Å². The summed E-state index contributed by atoms with van der Waals surface area (Å²) in [6.45, 7) is 2.35. The van der Waals surface area contributed by atoms with Crippen molar-refractivity contribution in [3.8, 4) is 0 Å². The minimum absolute atomic E-state index is 0.717. The van der Waals surface area contributed by atoms with Crippen LogP contribution in [0.3, 0.4) is 0 Å². The Balaban J connectivity index is 1.75. The third-order valence-corrected chi connectivity index (χ3v) is 3.38. The maximum absolute atomic E-state index is 4.50. The third kappa shape index (κ3) is 2.17. The number of rotatable bonds is 2. The first kappa shape index (κ1) is 10.7. The molecule has 1 aromatic carbocycles. The Morgan fingerprint density at radius 2 is 2.00 bits per heavy atom. The summed E-state index contributed by atoms with van der Waals surface area (Å²) in [7, 11) is 0. The zero-order chi connectivity index (χ0) is 11.7. The molecule has 0 N–H and O–H groups in total. The minimum atomic E-state index is 0.717. The van der Waals surface area contributed by atoms with E-state index in [1.54, 1.807) is 0 Å². The maximum Gasteiger partial charge on any atom is 0.151 e. The van der Waals surface area contributed by atoms with E-state index in [4.69, 9.17) is 0 Å². The van der Waals surface area contributed by atoms with Gasteiger partial charge in [0, 0.05) is 11.0 Å². The SMILES string of the molecule is Brc1ccc(CN2CN=C3C=CCN=C32)cc1. The van der Waals surface area contributed by atoms with E-state index < -0.39 is 0 Å². The zero-order valence-electron chi connectivity index (χ0n) is 9.31. The Bertz CT molecular complexity index is 514.